The van der Waals surface area contributed by atoms with E-state index in [1.165, 1.54) is 12.1 Å². The Labute approximate surface area is 257 Å². The minimum atomic E-state index is -0.988. The van der Waals surface area contributed by atoms with Crippen molar-refractivity contribution in [2.24, 2.45) is 0 Å². The van der Waals surface area contributed by atoms with E-state index in [0.717, 1.165) is 61.4 Å². The van der Waals surface area contributed by atoms with E-state index in [2.05, 4.69) is 46.7 Å². The molecule has 0 atom stereocenters. The molecule has 5 aromatic carbocycles. The first kappa shape index (κ1) is 27.7. The van der Waals surface area contributed by atoms with Crippen LogP contribution in [0.5, 0.6) is 0 Å². The van der Waals surface area contributed by atoms with Crippen molar-refractivity contribution in [3.05, 3.63) is 144 Å². The van der Waals surface area contributed by atoms with E-state index >= 15 is 0 Å². The number of aromatic nitrogens is 1. The zero-order valence-corrected chi connectivity index (χ0v) is 24.3. The summed E-state index contributed by atoms with van der Waals surface area (Å²) in [4.78, 5) is 30.8. The molecule has 0 spiro atoms. The number of hydrogen-bond acceptors (Lipinski definition) is 3. The van der Waals surface area contributed by atoms with Crippen LogP contribution in [0.2, 0.25) is 0 Å². The van der Waals surface area contributed by atoms with Gasteiger partial charge in [-0.3, -0.25) is 4.79 Å². The summed E-state index contributed by atoms with van der Waals surface area (Å²) in [5.41, 5.74) is 5.72. The van der Waals surface area contributed by atoms with E-state index < -0.39 is 11.5 Å². The van der Waals surface area contributed by atoms with Crippen LogP contribution in [0.1, 0.15) is 39.1 Å². The van der Waals surface area contributed by atoms with Crippen molar-refractivity contribution in [3.8, 4) is 22.3 Å². The molecular formula is C37H27FN2O3S. The molecule has 0 unspecified atom stereocenters. The number of carbonyl (C=O) groups excluding carboxylic acids is 1. The fraction of sp³-hybridized carbons (Fsp3) is 0.0811. The molecule has 0 radical (unpaired) electrons. The fourth-order valence-electron chi connectivity index (χ4n) is 5.61. The Morgan fingerprint density at radius 2 is 1.41 bits per heavy atom. The highest BCUT2D eigenvalue weighted by atomic mass is 32.2. The lowest BCUT2D eigenvalue weighted by Gasteiger charge is -2.19. The predicted octanol–water partition coefficient (Wildman–Crippen LogP) is 8.91. The maximum Gasteiger partial charge on any atom is 0.335 e. The number of rotatable bonds is 8. The average molecular weight is 599 g/mol. The second-order valence-electron chi connectivity index (χ2n) is 11.0. The Bertz CT molecular complexity index is 2000. The number of aromatic amines is 1. The molecule has 1 aliphatic carbocycles. The minimum Gasteiger partial charge on any atom is -0.478 e. The van der Waals surface area contributed by atoms with E-state index in [1.807, 2.05) is 36.5 Å². The zero-order valence-electron chi connectivity index (χ0n) is 23.5. The molecule has 0 aliphatic heterocycles. The van der Waals surface area contributed by atoms with E-state index in [4.69, 9.17) is 0 Å². The average Bonchev–Trinajstić information content (AvgIpc) is 3.73. The van der Waals surface area contributed by atoms with Crippen LogP contribution in [-0.4, -0.2) is 22.0 Å². The lowest BCUT2D eigenvalue weighted by atomic mass is 9.98. The summed E-state index contributed by atoms with van der Waals surface area (Å²) in [6.45, 7) is 0. The maximum absolute atomic E-state index is 14.1. The van der Waals surface area contributed by atoms with Gasteiger partial charge in [0.05, 0.1) is 16.7 Å². The first-order valence-electron chi connectivity index (χ1n) is 14.3. The summed E-state index contributed by atoms with van der Waals surface area (Å²) in [6, 6.07) is 35.3. The van der Waals surface area contributed by atoms with Gasteiger partial charge in [-0.15, -0.1) is 0 Å². The molecule has 1 amide bonds. The summed E-state index contributed by atoms with van der Waals surface area (Å²) in [5.74, 6) is -1.54. The molecule has 1 fully saturated rings. The third-order valence-corrected chi connectivity index (χ3v) is 9.19. The van der Waals surface area contributed by atoms with E-state index in [0.29, 0.717) is 5.56 Å². The van der Waals surface area contributed by atoms with E-state index in [1.54, 1.807) is 48.2 Å². The minimum absolute atomic E-state index is 0.204. The maximum atomic E-state index is 14.1. The van der Waals surface area contributed by atoms with Gasteiger partial charge in [0, 0.05) is 26.9 Å². The quantitative estimate of drug-likeness (QED) is 0.163. The fourth-order valence-corrected chi connectivity index (χ4v) is 6.57. The van der Waals surface area contributed by atoms with Crippen molar-refractivity contribution in [3.63, 3.8) is 0 Å². The van der Waals surface area contributed by atoms with Gasteiger partial charge >= 0.3 is 5.97 Å². The third-order valence-electron chi connectivity index (χ3n) is 8.14. The standard InChI is InChI=1S/C37H27FN2O3S/c38-29-14-8-25(9-15-29)27-20-31(35(41)40-37(18-19-37)28-12-6-26(7-13-28)36(42)43)34-32(21-27)39-22-33(34)44-30-16-10-24(11-17-30)23-4-2-1-3-5-23/h1-17,20-22,39H,18-19H2,(H,40,41)(H,42,43). The monoisotopic (exact) mass is 598 g/mol. The number of aromatic carboxylic acids is 1. The zero-order chi connectivity index (χ0) is 30.3. The largest absolute Gasteiger partial charge is 0.478 e. The van der Waals surface area contributed by atoms with Gasteiger partial charge in [-0.05, 0) is 89.2 Å². The highest BCUT2D eigenvalue weighted by Crippen LogP contribution is 2.46. The number of carboxylic acid groups (broad SMARTS) is 1. The second kappa shape index (κ2) is 11.2. The topological polar surface area (TPSA) is 82.2 Å². The van der Waals surface area contributed by atoms with Crippen molar-refractivity contribution in [2.75, 3.05) is 0 Å². The molecule has 1 saturated carbocycles. The van der Waals surface area contributed by atoms with Gasteiger partial charge in [0.1, 0.15) is 5.82 Å². The Hall–Kier alpha value is -5.14. The Morgan fingerprint density at radius 1 is 0.773 bits per heavy atom. The van der Waals surface area contributed by atoms with Crippen LogP contribution in [0, 0.1) is 5.82 Å². The van der Waals surface area contributed by atoms with Gasteiger partial charge in [0.2, 0.25) is 0 Å². The van der Waals surface area contributed by atoms with Crippen molar-refractivity contribution in [1.29, 1.82) is 0 Å². The molecule has 1 aliphatic rings. The summed E-state index contributed by atoms with van der Waals surface area (Å²) in [7, 11) is 0. The van der Waals surface area contributed by atoms with Gasteiger partial charge in [-0.1, -0.05) is 78.5 Å². The van der Waals surface area contributed by atoms with Gasteiger partial charge in [0.25, 0.3) is 5.91 Å². The van der Waals surface area contributed by atoms with Gasteiger partial charge in [-0.25, -0.2) is 9.18 Å². The Balaban J connectivity index is 1.25. The van der Waals surface area contributed by atoms with Crippen LogP contribution < -0.4 is 5.32 Å². The number of hydrogen-bond donors (Lipinski definition) is 3. The number of H-pyrrole nitrogens is 1. The molecule has 0 bridgehead atoms. The molecule has 3 N–H and O–H groups in total. The molecule has 5 nitrogen and oxygen atoms in total. The lowest BCUT2D eigenvalue weighted by Crippen LogP contribution is -2.35. The number of carboxylic acids is 1. The van der Waals surface area contributed by atoms with Crippen molar-refractivity contribution < 1.29 is 19.1 Å². The van der Waals surface area contributed by atoms with E-state index in [9.17, 15) is 19.1 Å². The third kappa shape index (κ3) is 5.38. The van der Waals surface area contributed by atoms with Crippen LogP contribution >= 0.6 is 11.8 Å². The molecular weight excluding hydrogens is 571 g/mol. The highest BCUT2D eigenvalue weighted by Gasteiger charge is 2.46. The molecule has 0 saturated heterocycles. The smallest absolute Gasteiger partial charge is 0.335 e. The SMILES string of the molecule is O=C(O)c1ccc(C2(NC(=O)c3cc(-c4ccc(F)cc4)cc4[nH]cc(Sc5ccc(-c6ccccc6)cc5)c34)CC2)cc1. The van der Waals surface area contributed by atoms with Gasteiger partial charge in [0.15, 0.2) is 0 Å². The Morgan fingerprint density at radius 3 is 2.07 bits per heavy atom. The van der Waals surface area contributed by atoms with Gasteiger partial charge in [-0.2, -0.15) is 0 Å². The lowest BCUT2D eigenvalue weighted by molar-refractivity contribution is 0.0696. The molecule has 7 rings (SSSR count). The first-order chi connectivity index (χ1) is 21.4. The number of benzene rings is 5. The molecule has 6 aromatic rings. The van der Waals surface area contributed by atoms with Crippen LogP contribution in [0.25, 0.3) is 33.2 Å². The first-order valence-corrected chi connectivity index (χ1v) is 15.1. The number of fused-ring (bicyclic) bond motifs is 1. The number of halogens is 1. The number of amides is 1. The van der Waals surface area contributed by atoms with Crippen molar-refractivity contribution in [1.82, 2.24) is 10.3 Å². The van der Waals surface area contributed by atoms with Crippen molar-refractivity contribution in [2.45, 2.75) is 28.2 Å². The van der Waals surface area contributed by atoms with Gasteiger partial charge < -0.3 is 15.4 Å². The molecule has 1 aromatic heterocycles. The summed E-state index contributed by atoms with van der Waals surface area (Å²) >= 11 is 1.58. The summed E-state index contributed by atoms with van der Waals surface area (Å²) in [6.07, 6.45) is 3.44. The molecule has 1 heterocycles. The molecule has 216 valence electrons. The predicted molar refractivity (Wildman–Crippen MR) is 171 cm³/mol. The van der Waals surface area contributed by atoms with Crippen LogP contribution in [-0.2, 0) is 5.54 Å². The highest BCUT2D eigenvalue weighted by molar-refractivity contribution is 7.99. The normalized spacial score (nSPS) is 13.5. The second-order valence-corrected chi connectivity index (χ2v) is 12.1. The van der Waals surface area contributed by atoms with Crippen molar-refractivity contribution >= 4 is 34.5 Å². The summed E-state index contributed by atoms with van der Waals surface area (Å²) < 4.78 is 13.7. The van der Waals surface area contributed by atoms with Crippen LogP contribution in [0.3, 0.4) is 0 Å². The Kier molecular flexibility index (Phi) is 7.03. The van der Waals surface area contributed by atoms with Crippen LogP contribution in [0.4, 0.5) is 4.39 Å². The van der Waals surface area contributed by atoms with E-state index in [-0.39, 0.29) is 17.3 Å². The molecule has 7 heteroatoms. The number of nitrogens with one attached hydrogen (secondary N) is 2. The summed E-state index contributed by atoms with van der Waals surface area (Å²) in [5, 5.41) is 13.4. The molecule has 44 heavy (non-hydrogen) atoms. The number of carbonyl (C=O) groups is 2. The van der Waals surface area contributed by atoms with Crippen LogP contribution in [0.15, 0.2) is 131 Å².